The van der Waals surface area contributed by atoms with Crippen LogP contribution in [0.1, 0.15) is 56.9 Å². The van der Waals surface area contributed by atoms with Gasteiger partial charge >= 0.3 is 6.03 Å². The minimum atomic E-state index is -0.406. The number of phenols is 1. The molecule has 7 aliphatic rings. The normalized spacial score (nSPS) is 26.3. The van der Waals surface area contributed by atoms with Crippen molar-refractivity contribution in [2.45, 2.75) is 76.0 Å². The number of urea groups is 1. The molecule has 4 amide bonds. The average molecular weight is 900 g/mol. The molecule has 2 saturated carbocycles. The van der Waals surface area contributed by atoms with Crippen molar-refractivity contribution in [2.75, 3.05) is 79.9 Å². The number of hydrogen-bond acceptors (Lipinski definition) is 12. The Morgan fingerprint density at radius 2 is 1.71 bits per heavy atom. The van der Waals surface area contributed by atoms with E-state index in [-0.39, 0.29) is 47.0 Å². The van der Waals surface area contributed by atoms with Crippen molar-refractivity contribution >= 4 is 40.7 Å². The van der Waals surface area contributed by atoms with Gasteiger partial charge in [-0.25, -0.2) is 9.18 Å². The van der Waals surface area contributed by atoms with Gasteiger partial charge in [-0.2, -0.15) is 0 Å². The molecule has 15 nitrogen and oxygen atoms in total. The van der Waals surface area contributed by atoms with E-state index in [1.54, 1.807) is 18.2 Å². The molecule has 66 heavy (non-hydrogen) atoms. The van der Waals surface area contributed by atoms with Gasteiger partial charge in [0.15, 0.2) is 11.6 Å². The molecule has 6 fully saturated rings. The summed E-state index contributed by atoms with van der Waals surface area (Å²) in [7, 11) is 1.91. The third-order valence-corrected chi connectivity index (χ3v) is 16.0. The lowest BCUT2D eigenvalue weighted by Crippen LogP contribution is -2.54. The van der Waals surface area contributed by atoms with Gasteiger partial charge in [-0.1, -0.05) is 18.2 Å². The molecule has 0 bridgehead atoms. The number of rotatable bonds is 9. The number of nitrogens with zero attached hydrogens (tertiary/aromatic N) is 7. The molecule has 4 N–H and O–H groups in total. The van der Waals surface area contributed by atoms with Crippen LogP contribution in [-0.4, -0.2) is 121 Å². The van der Waals surface area contributed by atoms with Gasteiger partial charge in [0.05, 0.1) is 29.3 Å². The van der Waals surface area contributed by atoms with Crippen molar-refractivity contribution in [2.24, 2.45) is 23.2 Å². The number of ether oxygens (including phenoxy) is 2. The maximum absolute atomic E-state index is 15.3. The fourth-order valence-electron chi connectivity index (χ4n) is 12.6. The monoisotopic (exact) mass is 899 g/mol. The zero-order chi connectivity index (χ0) is 45.3. The molecular formula is C50H58FN9O6. The van der Waals surface area contributed by atoms with Crippen LogP contribution in [-0.2, 0) is 16.0 Å². The van der Waals surface area contributed by atoms with E-state index in [1.165, 1.54) is 6.07 Å². The summed E-state index contributed by atoms with van der Waals surface area (Å²) >= 11 is 0. The van der Waals surface area contributed by atoms with Gasteiger partial charge in [-0.3, -0.25) is 14.9 Å². The molecule has 5 aliphatic heterocycles. The molecule has 11 rings (SSSR count). The molecule has 1 aromatic heterocycles. The Labute approximate surface area is 384 Å². The number of benzene rings is 3. The average Bonchev–Trinajstić information content (AvgIpc) is 3.86. The predicted molar refractivity (Wildman–Crippen MR) is 247 cm³/mol. The summed E-state index contributed by atoms with van der Waals surface area (Å²) < 4.78 is 28.0. The van der Waals surface area contributed by atoms with Gasteiger partial charge in [0.1, 0.15) is 36.1 Å². The lowest BCUT2D eigenvalue weighted by molar-refractivity contribution is -0.134. The van der Waals surface area contributed by atoms with E-state index in [0.29, 0.717) is 92.5 Å². The zero-order valence-electron chi connectivity index (χ0n) is 37.4. The number of nitrogens with two attached hydrogens (primary N) is 1. The number of carbonyl (C=O) groups excluding carboxylic acids is 3. The van der Waals surface area contributed by atoms with Gasteiger partial charge in [0.25, 0.3) is 0 Å². The van der Waals surface area contributed by atoms with Crippen molar-refractivity contribution in [3.63, 3.8) is 0 Å². The topological polar surface area (TPSA) is 170 Å². The highest BCUT2D eigenvalue weighted by atomic mass is 19.1. The molecule has 4 saturated heterocycles. The first-order valence-corrected chi connectivity index (χ1v) is 23.8. The molecular weight excluding hydrogens is 842 g/mol. The lowest BCUT2D eigenvalue weighted by Gasteiger charge is -2.42. The number of nitrogens with one attached hydrogen (secondary N) is 1. The Morgan fingerprint density at radius 3 is 2.52 bits per heavy atom. The van der Waals surface area contributed by atoms with Crippen LogP contribution in [0.15, 0.2) is 66.7 Å². The summed E-state index contributed by atoms with van der Waals surface area (Å²) in [5.74, 6) is 2.77. The number of fused-ring (bicyclic) bond motifs is 2. The number of anilines is 4. The van der Waals surface area contributed by atoms with E-state index >= 15 is 4.39 Å². The van der Waals surface area contributed by atoms with Crippen molar-refractivity contribution in [1.29, 1.82) is 0 Å². The molecule has 5 atom stereocenters. The fraction of sp³-hybridized carbons (Fsp3) is 0.500. The molecule has 4 aromatic rings. The second kappa shape index (κ2) is 16.8. The van der Waals surface area contributed by atoms with Crippen LogP contribution in [0.4, 0.5) is 32.1 Å². The molecule has 3 aromatic carbocycles. The third kappa shape index (κ3) is 7.65. The Balaban J connectivity index is 0.672. The van der Waals surface area contributed by atoms with Gasteiger partial charge < -0.3 is 44.8 Å². The van der Waals surface area contributed by atoms with E-state index in [1.807, 2.05) is 53.2 Å². The number of halogens is 1. The first-order valence-electron chi connectivity index (χ1n) is 23.8. The summed E-state index contributed by atoms with van der Waals surface area (Å²) in [6.45, 7) is 5.42. The standard InChI is InChI=1S/C50H58FN9O6/c1-56(33-12-17-57(18-13-33)39-6-4-7-40-46(39)65-22-21-60(40)41-9-10-44(62)53-48(41)63)49(64)58-19-14-34(15-20-58)66-35-24-30(23-32(51)25-35)27-50-28-31-11-16-59(29-37(50)45(31)50)42-26-38(54-55-47(42)52)36-5-2-3-8-43(36)61/h2-8,23-26,31,33-34,37,41,45,61H,9-22,27-29H2,1H3,(H2,52,55)(H,53,62,63)/t31-,37+,41+,45?,50?/m0/s1. The number of hydrogen-bond donors (Lipinski definition) is 3. The van der Waals surface area contributed by atoms with Crippen molar-refractivity contribution in [3.05, 3.63) is 78.1 Å². The summed E-state index contributed by atoms with van der Waals surface area (Å²) in [5.41, 5.74) is 11.4. The van der Waals surface area contributed by atoms with E-state index in [4.69, 9.17) is 15.2 Å². The number of piperidine rings is 3. The largest absolute Gasteiger partial charge is 0.507 e. The summed E-state index contributed by atoms with van der Waals surface area (Å²) in [6, 6.07) is 20.0. The van der Waals surface area contributed by atoms with Crippen LogP contribution >= 0.6 is 0 Å². The molecule has 2 unspecified atom stereocenters. The van der Waals surface area contributed by atoms with E-state index < -0.39 is 6.04 Å². The second-order valence-electron chi connectivity index (χ2n) is 19.6. The quantitative estimate of drug-likeness (QED) is 0.172. The summed E-state index contributed by atoms with van der Waals surface area (Å²) in [4.78, 5) is 49.0. The van der Waals surface area contributed by atoms with Crippen LogP contribution in [0.5, 0.6) is 17.2 Å². The van der Waals surface area contributed by atoms with Crippen molar-refractivity contribution in [3.8, 4) is 28.5 Å². The van der Waals surface area contributed by atoms with Crippen LogP contribution in [0.2, 0.25) is 0 Å². The number of para-hydroxylation sites is 2. The van der Waals surface area contributed by atoms with E-state index in [9.17, 15) is 19.5 Å². The Hall–Kier alpha value is -6.32. The minimum absolute atomic E-state index is 0.0254. The number of likely N-dealkylation sites (tertiary alicyclic amines) is 1. The van der Waals surface area contributed by atoms with E-state index in [0.717, 1.165) is 86.7 Å². The number of carbonyl (C=O) groups is 3. The molecule has 346 valence electrons. The smallest absolute Gasteiger partial charge is 0.319 e. The summed E-state index contributed by atoms with van der Waals surface area (Å²) in [5, 5.41) is 21.5. The van der Waals surface area contributed by atoms with Gasteiger partial charge in [-0.15, -0.1) is 10.2 Å². The molecule has 0 spiro atoms. The Morgan fingerprint density at radius 1 is 0.924 bits per heavy atom. The van der Waals surface area contributed by atoms with E-state index in [2.05, 4.69) is 36.3 Å². The number of imide groups is 1. The maximum atomic E-state index is 15.3. The molecule has 16 heteroatoms. The first kappa shape index (κ1) is 42.3. The predicted octanol–water partition coefficient (Wildman–Crippen LogP) is 5.84. The summed E-state index contributed by atoms with van der Waals surface area (Å²) in [6.07, 6.45) is 6.66. The van der Waals surface area contributed by atoms with Crippen LogP contribution < -0.4 is 35.2 Å². The fourth-order valence-corrected chi connectivity index (χ4v) is 12.6. The first-order chi connectivity index (χ1) is 32.0. The van der Waals surface area contributed by atoms with Crippen molar-refractivity contribution < 1.29 is 33.4 Å². The highest BCUT2D eigenvalue weighted by Gasteiger charge is 2.74. The Bertz CT molecular complexity index is 2550. The number of amides is 4. The van der Waals surface area contributed by atoms with Crippen molar-refractivity contribution in [1.82, 2.24) is 25.3 Å². The molecule has 6 heterocycles. The lowest BCUT2D eigenvalue weighted by atomic mass is 9.70. The van der Waals surface area contributed by atoms with Gasteiger partial charge in [0, 0.05) is 83.3 Å². The number of phenolic OH excluding ortho intramolecular Hbond substituents is 1. The number of aromatic hydroxyl groups is 1. The highest BCUT2D eigenvalue weighted by Crippen LogP contribution is 2.78. The van der Waals surface area contributed by atoms with Crippen LogP contribution in [0.3, 0.4) is 0 Å². The second-order valence-corrected chi connectivity index (χ2v) is 19.6. The maximum Gasteiger partial charge on any atom is 0.319 e. The van der Waals surface area contributed by atoms with Gasteiger partial charge in [0.2, 0.25) is 11.8 Å². The van der Waals surface area contributed by atoms with Crippen LogP contribution in [0, 0.1) is 29.0 Å². The minimum Gasteiger partial charge on any atom is -0.507 e. The number of nitrogen functional groups attached to an aromatic ring is 1. The molecule has 2 aliphatic carbocycles. The zero-order valence-corrected chi connectivity index (χ0v) is 37.4. The number of aromatic nitrogens is 2. The van der Waals surface area contributed by atoms with Gasteiger partial charge in [-0.05, 0) is 110 Å². The Kier molecular flexibility index (Phi) is 10.8. The van der Waals surface area contributed by atoms with Crippen LogP contribution in [0.25, 0.3) is 11.3 Å². The highest BCUT2D eigenvalue weighted by molar-refractivity contribution is 6.02. The third-order valence-electron chi connectivity index (χ3n) is 16.0. The molecule has 0 radical (unpaired) electrons. The SMILES string of the molecule is CN(C(=O)N1CCC(Oc2cc(F)cc(CC34C[C@@H]5CCN(c6cc(-c7ccccc7O)nnc6N)C[C@@H]3C54)c2)CC1)C1CCN(c2cccc3c2OCCN3[C@@H]2CCC(=O)NC2=O)CC1.